The van der Waals surface area contributed by atoms with Crippen molar-refractivity contribution >= 4 is 39.9 Å². The molecule has 0 bridgehead atoms. The van der Waals surface area contributed by atoms with Crippen molar-refractivity contribution in [2.75, 3.05) is 11.1 Å². The molecule has 0 radical (unpaired) electrons. The summed E-state index contributed by atoms with van der Waals surface area (Å²) in [6.07, 6.45) is 0. The molecular formula is C16H13ClN2O2. The van der Waals surface area contributed by atoms with Crippen molar-refractivity contribution in [2.24, 2.45) is 0 Å². The molecule has 0 atom stereocenters. The van der Waals surface area contributed by atoms with Gasteiger partial charge in [-0.15, -0.1) is 0 Å². The molecule has 3 rings (SSSR count). The molecule has 4 nitrogen and oxygen atoms in total. The van der Waals surface area contributed by atoms with Crippen LogP contribution in [0, 0.1) is 6.92 Å². The topological polar surface area (TPSA) is 68.3 Å². The van der Waals surface area contributed by atoms with Gasteiger partial charge >= 0.3 is 0 Å². The highest BCUT2D eigenvalue weighted by Gasteiger charge is 2.14. The van der Waals surface area contributed by atoms with E-state index in [-0.39, 0.29) is 11.7 Å². The predicted octanol–water partition coefficient (Wildman–Crippen LogP) is 4.23. The number of nitrogens with two attached hydrogens (primary N) is 1. The number of anilines is 2. The molecule has 0 aliphatic heterocycles. The first-order valence-corrected chi connectivity index (χ1v) is 6.77. The number of aryl methyl sites for hydroxylation is 1. The number of hydrogen-bond donors (Lipinski definition) is 2. The standard InChI is InChI=1S/C16H13ClN2O2/c1-9-2-4-12(17)13(6-9)19-16(20)15-8-10-7-11(18)3-5-14(10)21-15/h2-8H,18H2,1H3,(H,19,20). The van der Waals surface area contributed by atoms with Crippen LogP contribution in [0.3, 0.4) is 0 Å². The Bertz CT molecular complexity index is 839. The highest BCUT2D eigenvalue weighted by atomic mass is 35.5. The molecule has 0 spiro atoms. The Morgan fingerprint density at radius 2 is 2.00 bits per heavy atom. The summed E-state index contributed by atoms with van der Waals surface area (Å²) in [6.45, 7) is 1.93. The molecule has 2 aromatic carbocycles. The molecule has 0 unspecified atom stereocenters. The third-order valence-corrected chi connectivity index (χ3v) is 3.46. The van der Waals surface area contributed by atoms with Crippen LogP contribution in [-0.2, 0) is 0 Å². The number of carbonyl (C=O) groups excluding carboxylic acids is 1. The van der Waals surface area contributed by atoms with Gasteiger partial charge in [0.05, 0.1) is 10.7 Å². The van der Waals surface area contributed by atoms with Crippen LogP contribution in [0.2, 0.25) is 5.02 Å². The molecule has 0 fully saturated rings. The third kappa shape index (κ3) is 2.71. The Labute approximate surface area is 126 Å². The Morgan fingerprint density at radius 1 is 1.19 bits per heavy atom. The zero-order valence-electron chi connectivity index (χ0n) is 11.3. The molecule has 5 heteroatoms. The van der Waals surface area contributed by atoms with Gasteiger partial charge in [0.1, 0.15) is 5.58 Å². The summed E-state index contributed by atoms with van der Waals surface area (Å²) in [5, 5.41) is 4.02. The van der Waals surface area contributed by atoms with Gasteiger partial charge < -0.3 is 15.5 Å². The molecule has 3 aromatic rings. The lowest BCUT2D eigenvalue weighted by Crippen LogP contribution is -2.11. The summed E-state index contributed by atoms with van der Waals surface area (Å²) in [4.78, 5) is 12.2. The summed E-state index contributed by atoms with van der Waals surface area (Å²) in [5.41, 5.74) is 8.51. The maximum atomic E-state index is 12.2. The van der Waals surface area contributed by atoms with E-state index in [0.29, 0.717) is 22.0 Å². The van der Waals surface area contributed by atoms with Crippen LogP contribution in [0.25, 0.3) is 11.0 Å². The van der Waals surface area contributed by atoms with Gasteiger partial charge in [0.2, 0.25) is 0 Å². The Balaban J connectivity index is 1.91. The maximum Gasteiger partial charge on any atom is 0.291 e. The monoisotopic (exact) mass is 300 g/mol. The molecule has 106 valence electrons. The van der Waals surface area contributed by atoms with Crippen molar-refractivity contribution < 1.29 is 9.21 Å². The van der Waals surface area contributed by atoms with Crippen LogP contribution in [0.1, 0.15) is 16.1 Å². The number of nitrogen functional groups attached to an aromatic ring is 1. The van der Waals surface area contributed by atoms with Gasteiger partial charge in [-0.3, -0.25) is 4.79 Å². The first-order valence-electron chi connectivity index (χ1n) is 6.39. The smallest absolute Gasteiger partial charge is 0.291 e. The first-order chi connectivity index (χ1) is 10.0. The molecule has 0 aliphatic carbocycles. The number of carbonyl (C=O) groups is 1. The van der Waals surface area contributed by atoms with Crippen LogP contribution in [0.5, 0.6) is 0 Å². The summed E-state index contributed by atoms with van der Waals surface area (Å²) in [5.74, 6) is -0.134. The van der Waals surface area contributed by atoms with Gasteiger partial charge in [0.15, 0.2) is 5.76 Å². The van der Waals surface area contributed by atoms with E-state index in [2.05, 4.69) is 5.32 Å². The fourth-order valence-electron chi connectivity index (χ4n) is 2.09. The number of benzene rings is 2. The van der Waals surface area contributed by atoms with Crippen LogP contribution in [-0.4, -0.2) is 5.91 Å². The average molecular weight is 301 g/mol. The van der Waals surface area contributed by atoms with E-state index in [1.54, 1.807) is 36.4 Å². The summed E-state index contributed by atoms with van der Waals surface area (Å²) in [7, 11) is 0. The van der Waals surface area contributed by atoms with Crippen LogP contribution in [0.4, 0.5) is 11.4 Å². The predicted molar refractivity (Wildman–Crippen MR) is 84.8 cm³/mol. The van der Waals surface area contributed by atoms with Crippen LogP contribution >= 0.6 is 11.6 Å². The Morgan fingerprint density at radius 3 is 2.81 bits per heavy atom. The molecule has 21 heavy (non-hydrogen) atoms. The minimum atomic E-state index is -0.350. The van der Waals surface area contributed by atoms with Crippen molar-refractivity contribution in [3.05, 3.63) is 58.8 Å². The SMILES string of the molecule is Cc1ccc(Cl)c(NC(=O)c2cc3cc(N)ccc3o2)c1. The zero-order chi connectivity index (χ0) is 15.0. The van der Waals surface area contributed by atoms with Crippen molar-refractivity contribution in [3.63, 3.8) is 0 Å². The second kappa shape index (κ2) is 5.14. The molecule has 1 amide bonds. The first kappa shape index (κ1) is 13.5. The zero-order valence-corrected chi connectivity index (χ0v) is 12.1. The van der Waals surface area contributed by atoms with Gasteiger partial charge in [-0.05, 0) is 48.9 Å². The van der Waals surface area contributed by atoms with Gasteiger partial charge in [0, 0.05) is 11.1 Å². The fourth-order valence-corrected chi connectivity index (χ4v) is 2.26. The van der Waals surface area contributed by atoms with Crippen molar-refractivity contribution in [2.45, 2.75) is 6.92 Å². The number of nitrogens with one attached hydrogen (secondary N) is 1. The fraction of sp³-hybridized carbons (Fsp3) is 0.0625. The second-order valence-electron chi connectivity index (χ2n) is 4.85. The molecular weight excluding hydrogens is 288 g/mol. The third-order valence-electron chi connectivity index (χ3n) is 3.13. The summed E-state index contributed by atoms with van der Waals surface area (Å²) < 4.78 is 5.52. The Hall–Kier alpha value is -2.46. The molecule has 0 aliphatic rings. The van der Waals surface area contributed by atoms with E-state index < -0.39 is 0 Å². The van der Waals surface area contributed by atoms with Crippen molar-refractivity contribution in [1.82, 2.24) is 0 Å². The van der Waals surface area contributed by atoms with E-state index >= 15 is 0 Å². The lowest BCUT2D eigenvalue weighted by molar-refractivity contribution is 0.0998. The van der Waals surface area contributed by atoms with Gasteiger partial charge in [0.25, 0.3) is 5.91 Å². The molecule has 1 aromatic heterocycles. The van der Waals surface area contributed by atoms with E-state index in [9.17, 15) is 4.79 Å². The van der Waals surface area contributed by atoms with E-state index in [0.717, 1.165) is 10.9 Å². The van der Waals surface area contributed by atoms with E-state index in [1.165, 1.54) is 0 Å². The Kier molecular flexibility index (Phi) is 3.31. The van der Waals surface area contributed by atoms with Gasteiger partial charge in [-0.1, -0.05) is 17.7 Å². The molecule has 0 saturated heterocycles. The molecule has 0 saturated carbocycles. The van der Waals surface area contributed by atoms with Gasteiger partial charge in [-0.25, -0.2) is 0 Å². The number of rotatable bonds is 2. The summed E-state index contributed by atoms with van der Waals surface area (Å²) >= 11 is 6.07. The number of hydrogen-bond acceptors (Lipinski definition) is 3. The number of fused-ring (bicyclic) bond motifs is 1. The van der Waals surface area contributed by atoms with Crippen molar-refractivity contribution in [1.29, 1.82) is 0 Å². The largest absolute Gasteiger partial charge is 0.451 e. The average Bonchev–Trinajstić information content (AvgIpc) is 2.86. The lowest BCUT2D eigenvalue weighted by Gasteiger charge is -2.06. The number of halogens is 1. The normalized spacial score (nSPS) is 10.8. The maximum absolute atomic E-state index is 12.2. The summed E-state index contributed by atoms with van der Waals surface area (Å²) in [6, 6.07) is 12.3. The number of amides is 1. The number of furan rings is 1. The highest BCUT2D eigenvalue weighted by Crippen LogP contribution is 2.25. The molecule has 1 heterocycles. The van der Waals surface area contributed by atoms with Gasteiger partial charge in [-0.2, -0.15) is 0 Å². The van der Waals surface area contributed by atoms with Crippen molar-refractivity contribution in [3.8, 4) is 0 Å². The minimum absolute atomic E-state index is 0.216. The molecule has 3 N–H and O–H groups in total. The van der Waals surface area contributed by atoms with E-state index in [4.69, 9.17) is 21.8 Å². The highest BCUT2D eigenvalue weighted by molar-refractivity contribution is 6.33. The van der Waals surface area contributed by atoms with E-state index in [1.807, 2.05) is 13.0 Å². The van der Waals surface area contributed by atoms with Crippen LogP contribution in [0.15, 0.2) is 46.9 Å². The lowest BCUT2D eigenvalue weighted by atomic mass is 10.2. The second-order valence-corrected chi connectivity index (χ2v) is 5.25. The quantitative estimate of drug-likeness (QED) is 0.696. The van der Waals surface area contributed by atoms with Crippen LogP contribution < -0.4 is 11.1 Å². The minimum Gasteiger partial charge on any atom is -0.451 e.